The molecule has 0 aliphatic carbocycles. The summed E-state index contributed by atoms with van der Waals surface area (Å²) in [5.74, 6) is 0.00253. The standard InChI is InChI=1S/C27H31N3O2/c1-6-17(4)32-27(31)22-18(5)28-26-24(25(29-30-26)19-12-8-7-9-13-19)23(22)21-15-11-10-14-20(21)16(2)3/h7-17,22-23H,6H2,1-5H3,(H,29,30). The van der Waals surface area contributed by atoms with Gasteiger partial charge in [0.15, 0.2) is 5.82 Å². The first-order chi connectivity index (χ1) is 15.4. The Labute approximate surface area is 189 Å². The first-order valence-electron chi connectivity index (χ1n) is 11.4. The van der Waals surface area contributed by atoms with Crippen molar-refractivity contribution in [1.29, 1.82) is 0 Å². The van der Waals surface area contributed by atoms with Crippen LogP contribution in [0.2, 0.25) is 0 Å². The van der Waals surface area contributed by atoms with E-state index >= 15 is 0 Å². The molecule has 0 amide bonds. The van der Waals surface area contributed by atoms with Gasteiger partial charge in [-0.2, -0.15) is 5.10 Å². The van der Waals surface area contributed by atoms with Crippen molar-refractivity contribution < 1.29 is 9.53 Å². The summed E-state index contributed by atoms with van der Waals surface area (Å²) in [5, 5.41) is 7.74. The topological polar surface area (TPSA) is 67.3 Å². The van der Waals surface area contributed by atoms with E-state index in [-0.39, 0.29) is 18.0 Å². The molecule has 1 aliphatic heterocycles. The lowest BCUT2D eigenvalue weighted by atomic mass is 9.73. The Hall–Kier alpha value is -3.21. The van der Waals surface area contributed by atoms with E-state index < -0.39 is 5.92 Å². The number of aromatic amines is 1. The lowest BCUT2D eigenvalue weighted by molar-refractivity contribution is -0.151. The number of H-pyrrole nitrogens is 1. The molecule has 1 aliphatic rings. The zero-order valence-electron chi connectivity index (χ0n) is 19.4. The quantitative estimate of drug-likeness (QED) is 0.461. The summed E-state index contributed by atoms with van der Waals surface area (Å²) in [6, 6.07) is 18.5. The molecule has 166 valence electrons. The SMILES string of the molecule is CCC(C)OC(=O)C1C(C)=Nc2n[nH]c(-c3ccccc3)c2C1c1ccccc1C(C)C. The highest BCUT2D eigenvalue weighted by atomic mass is 16.5. The van der Waals surface area contributed by atoms with Crippen LogP contribution in [-0.4, -0.2) is 28.0 Å². The number of rotatable bonds is 6. The third kappa shape index (κ3) is 3.99. The molecule has 4 rings (SSSR count). The van der Waals surface area contributed by atoms with Crippen LogP contribution in [0.1, 0.15) is 69.6 Å². The van der Waals surface area contributed by atoms with Gasteiger partial charge in [-0.05, 0) is 42.9 Å². The van der Waals surface area contributed by atoms with Crippen LogP contribution in [0.4, 0.5) is 5.82 Å². The molecule has 1 aromatic heterocycles. The number of benzene rings is 2. The third-order valence-electron chi connectivity index (χ3n) is 6.32. The highest BCUT2D eigenvalue weighted by Gasteiger charge is 2.42. The molecule has 1 N–H and O–H groups in total. The second-order valence-electron chi connectivity index (χ2n) is 8.85. The Bertz CT molecular complexity index is 1130. The molecular formula is C27H31N3O2. The molecule has 2 heterocycles. The molecule has 2 aromatic carbocycles. The number of carbonyl (C=O) groups excluding carboxylic acids is 1. The van der Waals surface area contributed by atoms with Crippen molar-refractivity contribution in [2.75, 3.05) is 0 Å². The number of aromatic nitrogens is 2. The van der Waals surface area contributed by atoms with Crippen molar-refractivity contribution in [3.63, 3.8) is 0 Å². The van der Waals surface area contributed by atoms with Crippen LogP contribution in [0.3, 0.4) is 0 Å². The molecule has 5 heteroatoms. The van der Waals surface area contributed by atoms with E-state index in [0.717, 1.165) is 34.5 Å². The summed E-state index contributed by atoms with van der Waals surface area (Å²) in [5.41, 5.74) is 5.97. The summed E-state index contributed by atoms with van der Waals surface area (Å²) in [6.07, 6.45) is 0.629. The normalized spacial score (nSPS) is 18.8. The summed E-state index contributed by atoms with van der Waals surface area (Å²) in [4.78, 5) is 18.2. The van der Waals surface area contributed by atoms with Gasteiger partial charge in [0.05, 0.1) is 11.8 Å². The van der Waals surface area contributed by atoms with Crippen LogP contribution in [0, 0.1) is 5.92 Å². The molecule has 0 saturated heterocycles. The molecular weight excluding hydrogens is 398 g/mol. The van der Waals surface area contributed by atoms with Crippen LogP contribution >= 0.6 is 0 Å². The minimum atomic E-state index is -0.503. The van der Waals surface area contributed by atoms with Gasteiger partial charge >= 0.3 is 5.97 Å². The van der Waals surface area contributed by atoms with Crippen LogP contribution in [0.5, 0.6) is 0 Å². The number of ether oxygens (including phenoxy) is 1. The molecule has 0 saturated carbocycles. The van der Waals surface area contributed by atoms with Crippen LogP contribution in [-0.2, 0) is 9.53 Å². The largest absolute Gasteiger partial charge is 0.462 e. The van der Waals surface area contributed by atoms with Gasteiger partial charge in [-0.1, -0.05) is 75.4 Å². The fourth-order valence-electron chi connectivity index (χ4n) is 4.51. The fourth-order valence-corrected chi connectivity index (χ4v) is 4.51. The Morgan fingerprint density at radius 2 is 1.75 bits per heavy atom. The van der Waals surface area contributed by atoms with Gasteiger partial charge in [0.25, 0.3) is 0 Å². The first-order valence-corrected chi connectivity index (χ1v) is 11.4. The molecule has 3 unspecified atom stereocenters. The van der Waals surface area contributed by atoms with Crippen molar-refractivity contribution >= 4 is 17.5 Å². The summed E-state index contributed by atoms with van der Waals surface area (Å²) >= 11 is 0. The number of fused-ring (bicyclic) bond motifs is 1. The number of nitrogens with one attached hydrogen (secondary N) is 1. The van der Waals surface area contributed by atoms with Crippen molar-refractivity contribution in [1.82, 2.24) is 10.2 Å². The third-order valence-corrected chi connectivity index (χ3v) is 6.32. The second-order valence-corrected chi connectivity index (χ2v) is 8.85. The smallest absolute Gasteiger partial charge is 0.315 e. The molecule has 0 fully saturated rings. The predicted octanol–water partition coefficient (Wildman–Crippen LogP) is 6.40. The molecule has 3 aromatic rings. The summed E-state index contributed by atoms with van der Waals surface area (Å²) in [7, 11) is 0. The van der Waals surface area contributed by atoms with Crippen molar-refractivity contribution in [2.24, 2.45) is 10.9 Å². The number of hydrogen-bond donors (Lipinski definition) is 1. The number of aliphatic imine (C=N–C) groups is 1. The van der Waals surface area contributed by atoms with Crippen molar-refractivity contribution in [3.05, 3.63) is 71.3 Å². The predicted molar refractivity (Wildman–Crippen MR) is 129 cm³/mol. The van der Waals surface area contributed by atoms with Gasteiger partial charge in [0, 0.05) is 17.2 Å². The van der Waals surface area contributed by atoms with E-state index in [1.807, 2.05) is 45.0 Å². The molecule has 32 heavy (non-hydrogen) atoms. The maximum absolute atomic E-state index is 13.5. The van der Waals surface area contributed by atoms with Crippen molar-refractivity contribution in [3.8, 4) is 11.3 Å². The first kappa shape index (κ1) is 22.0. The zero-order valence-corrected chi connectivity index (χ0v) is 19.4. The Morgan fingerprint density at radius 1 is 1.06 bits per heavy atom. The Morgan fingerprint density at radius 3 is 2.44 bits per heavy atom. The molecule has 0 radical (unpaired) electrons. The maximum Gasteiger partial charge on any atom is 0.315 e. The lowest BCUT2D eigenvalue weighted by Gasteiger charge is -2.32. The fraction of sp³-hybridized carbons (Fsp3) is 0.370. The van der Waals surface area contributed by atoms with Gasteiger partial charge in [0.2, 0.25) is 0 Å². The number of carbonyl (C=O) groups is 1. The van der Waals surface area contributed by atoms with Crippen LogP contribution < -0.4 is 0 Å². The summed E-state index contributed by atoms with van der Waals surface area (Å²) < 4.78 is 5.85. The average Bonchev–Trinajstić information content (AvgIpc) is 3.21. The lowest BCUT2D eigenvalue weighted by Crippen LogP contribution is -2.35. The van der Waals surface area contributed by atoms with Crippen molar-refractivity contribution in [2.45, 2.75) is 59.0 Å². The number of esters is 1. The van der Waals surface area contributed by atoms with Gasteiger partial charge in [-0.25, -0.2) is 4.99 Å². The van der Waals surface area contributed by atoms with Gasteiger partial charge < -0.3 is 4.74 Å². The molecule has 0 bridgehead atoms. The minimum Gasteiger partial charge on any atom is -0.462 e. The second kappa shape index (κ2) is 9.11. The number of nitrogens with zero attached hydrogens (tertiary/aromatic N) is 2. The molecule has 3 atom stereocenters. The van der Waals surface area contributed by atoms with Gasteiger partial charge in [-0.3, -0.25) is 9.89 Å². The van der Waals surface area contributed by atoms with E-state index in [2.05, 4.69) is 54.4 Å². The molecule has 5 nitrogen and oxygen atoms in total. The molecule has 0 spiro atoms. The Balaban J connectivity index is 1.94. The van der Waals surface area contributed by atoms with E-state index in [0.29, 0.717) is 11.7 Å². The highest BCUT2D eigenvalue weighted by molar-refractivity contribution is 6.05. The zero-order chi connectivity index (χ0) is 22.8. The van der Waals surface area contributed by atoms with Gasteiger partial charge in [0.1, 0.15) is 5.92 Å². The van der Waals surface area contributed by atoms with Crippen LogP contribution in [0.25, 0.3) is 11.3 Å². The van der Waals surface area contributed by atoms with E-state index in [9.17, 15) is 4.79 Å². The van der Waals surface area contributed by atoms with E-state index in [1.165, 1.54) is 5.56 Å². The summed E-state index contributed by atoms with van der Waals surface area (Å²) in [6.45, 7) is 10.2. The maximum atomic E-state index is 13.5. The van der Waals surface area contributed by atoms with Crippen LogP contribution in [0.15, 0.2) is 59.6 Å². The Kier molecular flexibility index (Phi) is 6.26. The minimum absolute atomic E-state index is 0.143. The highest BCUT2D eigenvalue weighted by Crippen LogP contribution is 2.48. The van der Waals surface area contributed by atoms with E-state index in [4.69, 9.17) is 9.73 Å². The number of hydrogen-bond acceptors (Lipinski definition) is 4. The average molecular weight is 430 g/mol. The monoisotopic (exact) mass is 429 g/mol. The van der Waals surface area contributed by atoms with Gasteiger partial charge in [-0.15, -0.1) is 0 Å². The van der Waals surface area contributed by atoms with E-state index in [1.54, 1.807) is 0 Å².